The van der Waals surface area contributed by atoms with Crippen LogP contribution in [0.15, 0.2) is 73.3 Å². The van der Waals surface area contributed by atoms with E-state index in [1.54, 1.807) is 54.0 Å². The van der Waals surface area contributed by atoms with Gasteiger partial charge in [0.05, 0.1) is 11.4 Å². The van der Waals surface area contributed by atoms with Crippen LogP contribution in [-0.4, -0.2) is 41.5 Å². The number of pyridine rings is 2. The number of rotatable bonds is 6. The molecule has 30 heavy (non-hydrogen) atoms. The number of carbonyl (C=O) groups is 1. The average molecular weight is 423 g/mol. The van der Waals surface area contributed by atoms with Crippen molar-refractivity contribution in [2.75, 3.05) is 16.6 Å². The van der Waals surface area contributed by atoms with Crippen molar-refractivity contribution in [3.63, 3.8) is 0 Å². The molecular formula is C22H22N4O3S. The maximum absolute atomic E-state index is 13.4. The summed E-state index contributed by atoms with van der Waals surface area (Å²) in [6.45, 7) is 1.24. The van der Waals surface area contributed by atoms with Crippen molar-refractivity contribution < 1.29 is 13.2 Å². The maximum atomic E-state index is 13.4. The first-order valence-electron chi connectivity index (χ1n) is 9.70. The second-order valence-electron chi connectivity index (χ2n) is 7.17. The van der Waals surface area contributed by atoms with E-state index in [4.69, 9.17) is 0 Å². The maximum Gasteiger partial charge on any atom is 0.254 e. The van der Waals surface area contributed by atoms with Gasteiger partial charge < -0.3 is 4.90 Å². The summed E-state index contributed by atoms with van der Waals surface area (Å²) in [7, 11) is -3.31. The number of amides is 1. The van der Waals surface area contributed by atoms with E-state index in [0.29, 0.717) is 37.3 Å². The van der Waals surface area contributed by atoms with Gasteiger partial charge in [-0.1, -0.05) is 12.1 Å². The van der Waals surface area contributed by atoms with Gasteiger partial charge in [-0.15, -0.1) is 0 Å². The highest BCUT2D eigenvalue weighted by molar-refractivity contribution is 7.93. The van der Waals surface area contributed by atoms with Crippen molar-refractivity contribution in [1.82, 2.24) is 14.9 Å². The van der Waals surface area contributed by atoms with Crippen molar-refractivity contribution in [1.29, 1.82) is 0 Å². The third-order valence-electron chi connectivity index (χ3n) is 4.99. The molecule has 1 aromatic carbocycles. The van der Waals surface area contributed by atoms with Crippen molar-refractivity contribution in [3.05, 3.63) is 90.0 Å². The lowest BCUT2D eigenvalue weighted by Gasteiger charge is -2.24. The molecule has 3 heterocycles. The molecule has 3 aromatic rings. The van der Waals surface area contributed by atoms with Crippen LogP contribution in [0.2, 0.25) is 0 Å². The first-order valence-corrected chi connectivity index (χ1v) is 11.3. The van der Waals surface area contributed by atoms with Gasteiger partial charge in [0.1, 0.15) is 0 Å². The summed E-state index contributed by atoms with van der Waals surface area (Å²) < 4.78 is 25.9. The largest absolute Gasteiger partial charge is 0.330 e. The second-order valence-corrected chi connectivity index (χ2v) is 9.18. The fourth-order valence-corrected chi connectivity index (χ4v) is 5.08. The molecule has 0 radical (unpaired) electrons. The molecule has 0 aliphatic carbocycles. The number of anilines is 1. The standard InChI is InChI=1S/C22H22N4O3S/c27-22(20-5-1-6-21(14-20)26-12-3-13-30(26,28)29)25(16-18-7-10-23-11-8-18)17-19-4-2-9-24-15-19/h1-2,4-11,14-15H,3,12-13,16-17H2. The molecule has 1 amide bonds. The van der Waals surface area contributed by atoms with Gasteiger partial charge in [-0.3, -0.25) is 19.1 Å². The van der Waals surface area contributed by atoms with Gasteiger partial charge in [-0.2, -0.15) is 0 Å². The highest BCUT2D eigenvalue weighted by Crippen LogP contribution is 2.25. The minimum Gasteiger partial charge on any atom is -0.330 e. The fourth-order valence-electron chi connectivity index (χ4n) is 3.53. The topological polar surface area (TPSA) is 83.5 Å². The van der Waals surface area contributed by atoms with E-state index in [1.165, 1.54) is 4.31 Å². The number of aromatic nitrogens is 2. The van der Waals surface area contributed by atoms with Gasteiger partial charge in [-0.05, 0) is 53.9 Å². The SMILES string of the molecule is O=C(c1cccc(N2CCCS2(=O)=O)c1)N(Cc1ccncc1)Cc1cccnc1. The summed E-state index contributed by atoms with van der Waals surface area (Å²) in [4.78, 5) is 23.3. The summed E-state index contributed by atoms with van der Waals surface area (Å²) in [5.74, 6) is -0.0329. The Bertz CT molecular complexity index is 1080. The van der Waals surface area contributed by atoms with Gasteiger partial charge in [0, 0.05) is 50.0 Å². The number of hydrogen-bond donors (Lipinski definition) is 0. The molecule has 0 N–H and O–H groups in total. The highest BCUT2D eigenvalue weighted by atomic mass is 32.2. The van der Waals surface area contributed by atoms with Crippen molar-refractivity contribution in [3.8, 4) is 0 Å². The van der Waals surface area contributed by atoms with E-state index in [1.807, 2.05) is 24.3 Å². The summed E-state index contributed by atoms with van der Waals surface area (Å²) in [6.07, 6.45) is 7.41. The zero-order chi connectivity index (χ0) is 21.0. The van der Waals surface area contributed by atoms with Crippen LogP contribution < -0.4 is 4.31 Å². The molecule has 1 fully saturated rings. The van der Waals surface area contributed by atoms with E-state index in [-0.39, 0.29) is 11.7 Å². The number of sulfonamides is 1. The highest BCUT2D eigenvalue weighted by Gasteiger charge is 2.29. The molecule has 154 valence electrons. The van der Waals surface area contributed by atoms with E-state index in [2.05, 4.69) is 9.97 Å². The van der Waals surface area contributed by atoms with E-state index >= 15 is 0 Å². The quantitative estimate of drug-likeness (QED) is 0.610. The molecule has 0 bridgehead atoms. The Labute approximate surface area is 176 Å². The molecule has 2 aromatic heterocycles. The molecule has 1 aliphatic heterocycles. The molecule has 8 heteroatoms. The van der Waals surface area contributed by atoms with Crippen LogP contribution in [0.25, 0.3) is 0 Å². The Morgan fingerprint density at radius 3 is 2.47 bits per heavy atom. The van der Waals surface area contributed by atoms with Crippen LogP contribution in [0.3, 0.4) is 0 Å². The lowest BCUT2D eigenvalue weighted by Crippen LogP contribution is -2.31. The van der Waals surface area contributed by atoms with Gasteiger partial charge in [0.15, 0.2) is 0 Å². The third-order valence-corrected chi connectivity index (χ3v) is 6.86. The van der Waals surface area contributed by atoms with Crippen LogP contribution >= 0.6 is 0 Å². The van der Waals surface area contributed by atoms with Crippen LogP contribution in [0.4, 0.5) is 5.69 Å². The molecule has 0 spiro atoms. The van der Waals surface area contributed by atoms with Gasteiger partial charge in [-0.25, -0.2) is 8.42 Å². The minimum absolute atomic E-state index is 0.139. The zero-order valence-electron chi connectivity index (χ0n) is 16.4. The summed E-state index contributed by atoms with van der Waals surface area (Å²) in [5, 5.41) is 0. The molecule has 0 saturated carbocycles. The monoisotopic (exact) mass is 422 g/mol. The van der Waals surface area contributed by atoms with Crippen LogP contribution in [-0.2, 0) is 23.1 Å². The molecule has 1 aliphatic rings. The van der Waals surface area contributed by atoms with E-state index < -0.39 is 10.0 Å². The fraction of sp³-hybridized carbons (Fsp3) is 0.227. The smallest absolute Gasteiger partial charge is 0.254 e. The van der Waals surface area contributed by atoms with Gasteiger partial charge in [0.2, 0.25) is 10.0 Å². The zero-order valence-corrected chi connectivity index (χ0v) is 17.2. The Morgan fingerprint density at radius 1 is 0.967 bits per heavy atom. The predicted octanol–water partition coefficient (Wildman–Crippen LogP) is 2.86. The predicted molar refractivity (Wildman–Crippen MR) is 114 cm³/mol. The summed E-state index contributed by atoms with van der Waals surface area (Å²) in [6, 6.07) is 14.3. The average Bonchev–Trinajstić information content (AvgIpc) is 3.13. The van der Waals surface area contributed by atoms with Crippen molar-refractivity contribution in [2.45, 2.75) is 19.5 Å². The van der Waals surface area contributed by atoms with E-state index in [0.717, 1.165) is 11.1 Å². The first kappa shape index (κ1) is 20.0. The Kier molecular flexibility index (Phi) is 5.76. The molecule has 7 nitrogen and oxygen atoms in total. The van der Waals surface area contributed by atoms with Crippen LogP contribution in [0, 0.1) is 0 Å². The second kappa shape index (κ2) is 8.62. The molecular weight excluding hydrogens is 400 g/mol. The van der Waals surface area contributed by atoms with Crippen molar-refractivity contribution >= 4 is 21.6 Å². The molecule has 0 atom stereocenters. The van der Waals surface area contributed by atoms with E-state index in [9.17, 15) is 13.2 Å². The number of benzene rings is 1. The third kappa shape index (κ3) is 4.49. The summed E-state index contributed by atoms with van der Waals surface area (Å²) >= 11 is 0. The number of nitrogens with zero attached hydrogens (tertiary/aromatic N) is 4. The Hall–Kier alpha value is -3.26. The summed E-state index contributed by atoms with van der Waals surface area (Å²) in [5.41, 5.74) is 2.86. The lowest BCUT2D eigenvalue weighted by molar-refractivity contribution is 0.0730. The van der Waals surface area contributed by atoms with Gasteiger partial charge in [0.25, 0.3) is 5.91 Å². The van der Waals surface area contributed by atoms with Crippen LogP contribution in [0.5, 0.6) is 0 Å². The normalized spacial score (nSPS) is 15.1. The first-order chi connectivity index (χ1) is 14.5. The van der Waals surface area contributed by atoms with Gasteiger partial charge >= 0.3 is 0 Å². The molecule has 1 saturated heterocycles. The lowest BCUT2D eigenvalue weighted by atomic mass is 10.1. The number of hydrogen-bond acceptors (Lipinski definition) is 5. The van der Waals surface area contributed by atoms with Crippen molar-refractivity contribution in [2.24, 2.45) is 0 Å². The molecule has 4 rings (SSSR count). The number of carbonyl (C=O) groups excluding carboxylic acids is 1. The minimum atomic E-state index is -3.31. The molecule has 0 unspecified atom stereocenters. The van der Waals surface area contributed by atoms with Crippen LogP contribution in [0.1, 0.15) is 27.9 Å². The Balaban J connectivity index is 1.63. The Morgan fingerprint density at radius 2 is 1.77 bits per heavy atom.